The predicted octanol–water partition coefficient (Wildman–Crippen LogP) is 6.96. The summed E-state index contributed by atoms with van der Waals surface area (Å²) in [6.45, 7) is 2.54. The lowest BCUT2D eigenvalue weighted by Crippen LogP contribution is -2.27. The predicted molar refractivity (Wildman–Crippen MR) is 151 cm³/mol. The second-order valence-corrected chi connectivity index (χ2v) is 9.75. The molecule has 196 valence electrons. The normalized spacial score (nSPS) is 14.3. The van der Waals surface area contributed by atoms with Gasteiger partial charge < -0.3 is 9.47 Å². The maximum Gasteiger partial charge on any atom is 0.293 e. The molecule has 0 radical (unpaired) electrons. The average Bonchev–Trinajstić information content (AvgIpc) is 3.20. The SMILES string of the molecule is CCOc1cc(/C=C2/SC(=O)N(Cc3cccc4ccccc34)C2=O)ccc1OCc1cccc([N+](=O)[O-])c1. The molecule has 0 atom stereocenters. The molecule has 0 aromatic heterocycles. The van der Waals surface area contributed by atoms with E-state index in [4.69, 9.17) is 9.47 Å². The maximum absolute atomic E-state index is 13.2. The van der Waals surface area contributed by atoms with Crippen molar-refractivity contribution in [2.24, 2.45) is 0 Å². The summed E-state index contributed by atoms with van der Waals surface area (Å²) in [5, 5.41) is 12.8. The molecule has 4 aromatic carbocycles. The van der Waals surface area contributed by atoms with Crippen molar-refractivity contribution in [3.8, 4) is 11.5 Å². The lowest BCUT2D eigenvalue weighted by molar-refractivity contribution is -0.384. The Morgan fingerprint density at radius 2 is 1.72 bits per heavy atom. The third-order valence-electron chi connectivity index (χ3n) is 6.16. The van der Waals surface area contributed by atoms with Gasteiger partial charge in [-0.2, -0.15) is 0 Å². The smallest absolute Gasteiger partial charge is 0.293 e. The topological polar surface area (TPSA) is 99.0 Å². The van der Waals surface area contributed by atoms with E-state index in [1.807, 2.05) is 49.4 Å². The quantitative estimate of drug-likeness (QED) is 0.128. The number of imide groups is 1. The van der Waals surface area contributed by atoms with E-state index < -0.39 is 4.92 Å². The zero-order valence-corrected chi connectivity index (χ0v) is 21.9. The number of carbonyl (C=O) groups excluding carboxylic acids is 2. The number of non-ortho nitro benzene ring substituents is 1. The first-order valence-electron chi connectivity index (χ1n) is 12.3. The van der Waals surface area contributed by atoms with E-state index in [0.29, 0.717) is 34.1 Å². The van der Waals surface area contributed by atoms with Gasteiger partial charge in [-0.25, -0.2) is 0 Å². The lowest BCUT2D eigenvalue weighted by Gasteiger charge is -2.14. The van der Waals surface area contributed by atoms with Crippen LogP contribution in [0.25, 0.3) is 16.8 Å². The molecule has 1 aliphatic heterocycles. The fourth-order valence-electron chi connectivity index (χ4n) is 4.31. The standard InChI is InChI=1S/C30H24N2O6S/c1-2-37-27-16-20(13-14-26(27)38-19-21-7-5-11-24(15-21)32(35)36)17-28-29(33)31(30(34)39-28)18-23-10-6-9-22-8-3-4-12-25(22)23/h3-17H,2,18-19H2,1H3/b28-17+. The molecule has 0 saturated carbocycles. The van der Waals surface area contributed by atoms with Crippen LogP contribution in [0.5, 0.6) is 11.5 Å². The largest absolute Gasteiger partial charge is 0.490 e. The second kappa shape index (κ2) is 11.4. The highest BCUT2D eigenvalue weighted by atomic mass is 32.2. The summed E-state index contributed by atoms with van der Waals surface area (Å²) < 4.78 is 11.6. The number of thioether (sulfide) groups is 1. The first-order chi connectivity index (χ1) is 18.9. The maximum atomic E-state index is 13.2. The molecular formula is C30H24N2O6S. The van der Waals surface area contributed by atoms with Crippen LogP contribution >= 0.6 is 11.8 Å². The Kier molecular flexibility index (Phi) is 7.60. The highest BCUT2D eigenvalue weighted by Crippen LogP contribution is 2.36. The zero-order chi connectivity index (χ0) is 27.4. The third kappa shape index (κ3) is 5.78. The number of amides is 2. The molecular weight excluding hydrogens is 516 g/mol. The molecule has 8 nitrogen and oxygen atoms in total. The van der Waals surface area contributed by atoms with Gasteiger partial charge in [0.25, 0.3) is 16.8 Å². The van der Waals surface area contributed by atoms with E-state index in [1.54, 1.807) is 36.4 Å². The summed E-state index contributed by atoms with van der Waals surface area (Å²) in [7, 11) is 0. The molecule has 1 heterocycles. The molecule has 0 unspecified atom stereocenters. The number of rotatable bonds is 9. The number of hydrogen-bond acceptors (Lipinski definition) is 7. The highest BCUT2D eigenvalue weighted by Gasteiger charge is 2.35. The Morgan fingerprint density at radius 3 is 2.54 bits per heavy atom. The van der Waals surface area contributed by atoms with Gasteiger partial charge in [-0.15, -0.1) is 0 Å². The molecule has 1 aliphatic rings. The fourth-order valence-corrected chi connectivity index (χ4v) is 5.15. The Balaban J connectivity index is 1.34. The van der Waals surface area contributed by atoms with Gasteiger partial charge in [0.15, 0.2) is 11.5 Å². The number of hydrogen-bond donors (Lipinski definition) is 0. The minimum atomic E-state index is -0.451. The summed E-state index contributed by atoms with van der Waals surface area (Å²) in [4.78, 5) is 38.1. The number of benzene rings is 4. The number of fused-ring (bicyclic) bond motifs is 1. The van der Waals surface area contributed by atoms with Gasteiger partial charge >= 0.3 is 0 Å². The van der Waals surface area contributed by atoms with Crippen molar-refractivity contribution in [2.75, 3.05) is 6.61 Å². The molecule has 0 bridgehead atoms. The molecule has 1 saturated heterocycles. The number of nitro benzene ring substituents is 1. The van der Waals surface area contributed by atoms with E-state index in [-0.39, 0.29) is 30.0 Å². The molecule has 0 N–H and O–H groups in total. The summed E-state index contributed by atoms with van der Waals surface area (Å²) in [5.74, 6) is 0.582. The van der Waals surface area contributed by atoms with Crippen LogP contribution in [0.3, 0.4) is 0 Å². The summed E-state index contributed by atoms with van der Waals surface area (Å²) >= 11 is 0.907. The van der Waals surface area contributed by atoms with Crippen molar-refractivity contribution in [2.45, 2.75) is 20.1 Å². The van der Waals surface area contributed by atoms with Crippen LogP contribution in [0.4, 0.5) is 10.5 Å². The van der Waals surface area contributed by atoms with Crippen LogP contribution < -0.4 is 9.47 Å². The first-order valence-corrected chi connectivity index (χ1v) is 13.1. The van der Waals surface area contributed by atoms with E-state index in [0.717, 1.165) is 28.1 Å². The Morgan fingerprint density at radius 1 is 0.923 bits per heavy atom. The van der Waals surface area contributed by atoms with Gasteiger partial charge in [0.1, 0.15) is 6.61 Å². The van der Waals surface area contributed by atoms with E-state index in [9.17, 15) is 19.7 Å². The van der Waals surface area contributed by atoms with Gasteiger partial charge in [-0.05, 0) is 64.4 Å². The zero-order valence-electron chi connectivity index (χ0n) is 21.0. The Hall–Kier alpha value is -4.63. The average molecular weight is 541 g/mol. The molecule has 0 spiro atoms. The van der Waals surface area contributed by atoms with Crippen molar-refractivity contribution in [3.63, 3.8) is 0 Å². The van der Waals surface area contributed by atoms with Gasteiger partial charge in [0.2, 0.25) is 0 Å². The van der Waals surface area contributed by atoms with Crippen molar-refractivity contribution in [1.29, 1.82) is 0 Å². The molecule has 39 heavy (non-hydrogen) atoms. The summed E-state index contributed by atoms with van der Waals surface area (Å²) in [6.07, 6.45) is 1.67. The molecule has 9 heteroatoms. The van der Waals surface area contributed by atoms with Crippen molar-refractivity contribution in [1.82, 2.24) is 4.90 Å². The molecule has 4 aromatic rings. The first kappa shape index (κ1) is 26.0. The van der Waals surface area contributed by atoms with E-state index in [1.165, 1.54) is 17.0 Å². The fraction of sp³-hybridized carbons (Fsp3) is 0.133. The third-order valence-corrected chi connectivity index (χ3v) is 7.07. The number of ether oxygens (including phenoxy) is 2. The number of carbonyl (C=O) groups is 2. The molecule has 2 amide bonds. The molecule has 5 rings (SSSR count). The van der Waals surface area contributed by atoms with Crippen LogP contribution in [0.1, 0.15) is 23.6 Å². The van der Waals surface area contributed by atoms with E-state index >= 15 is 0 Å². The van der Waals surface area contributed by atoms with E-state index in [2.05, 4.69) is 0 Å². The van der Waals surface area contributed by atoms with Crippen molar-refractivity contribution in [3.05, 3.63) is 117 Å². The van der Waals surface area contributed by atoms with Crippen molar-refractivity contribution >= 4 is 45.4 Å². The van der Waals surface area contributed by atoms with Gasteiger partial charge in [-0.1, -0.05) is 60.7 Å². The van der Waals surface area contributed by atoms with Gasteiger partial charge in [-0.3, -0.25) is 24.6 Å². The van der Waals surface area contributed by atoms with Crippen LogP contribution in [-0.2, 0) is 17.9 Å². The van der Waals surface area contributed by atoms with Crippen molar-refractivity contribution < 1.29 is 24.0 Å². The summed E-state index contributed by atoms with van der Waals surface area (Å²) in [6, 6.07) is 25.2. The second-order valence-electron chi connectivity index (χ2n) is 8.76. The Bertz CT molecular complexity index is 1610. The minimum Gasteiger partial charge on any atom is -0.490 e. The van der Waals surface area contributed by atoms with Gasteiger partial charge in [0.05, 0.1) is 23.0 Å². The Labute approximate surface area is 229 Å². The van der Waals surface area contributed by atoms with Crippen LogP contribution in [0, 0.1) is 10.1 Å². The monoisotopic (exact) mass is 540 g/mol. The van der Waals surface area contributed by atoms with Gasteiger partial charge in [0, 0.05) is 12.1 Å². The number of nitro groups is 1. The summed E-state index contributed by atoms with van der Waals surface area (Å²) in [5.41, 5.74) is 2.22. The number of nitrogens with zero attached hydrogens (tertiary/aromatic N) is 2. The molecule has 0 aliphatic carbocycles. The van der Waals surface area contributed by atoms with Crippen LogP contribution in [-0.4, -0.2) is 27.6 Å². The van der Waals surface area contributed by atoms with Crippen LogP contribution in [0.2, 0.25) is 0 Å². The van der Waals surface area contributed by atoms with Crippen LogP contribution in [0.15, 0.2) is 89.8 Å². The highest BCUT2D eigenvalue weighted by molar-refractivity contribution is 8.18. The molecule has 1 fully saturated rings. The lowest BCUT2D eigenvalue weighted by atomic mass is 10.0. The minimum absolute atomic E-state index is 0.00845.